The van der Waals surface area contributed by atoms with Crippen LogP contribution in [0.25, 0.3) is 0 Å². The molecule has 0 amide bonds. The van der Waals surface area contributed by atoms with Crippen molar-refractivity contribution in [2.24, 2.45) is 5.92 Å². The number of piperidine rings is 1. The van der Waals surface area contributed by atoms with Crippen LogP contribution < -0.4 is 4.90 Å². The third kappa shape index (κ3) is 3.21. The molecule has 0 unspecified atom stereocenters. The highest BCUT2D eigenvalue weighted by atomic mass is 35.5. The minimum absolute atomic E-state index is 0.398. The van der Waals surface area contributed by atoms with Crippen molar-refractivity contribution in [2.75, 3.05) is 18.0 Å². The zero-order chi connectivity index (χ0) is 17.3. The van der Waals surface area contributed by atoms with E-state index in [2.05, 4.69) is 9.97 Å². The van der Waals surface area contributed by atoms with E-state index in [0.29, 0.717) is 48.9 Å². The lowest BCUT2D eigenvalue weighted by molar-refractivity contribution is 0.0891. The Hall–Kier alpha value is -2.15. The molecule has 1 aromatic heterocycles. The first kappa shape index (κ1) is 16.7. The van der Waals surface area contributed by atoms with Crippen LogP contribution in [0.1, 0.15) is 23.2 Å². The molecule has 1 saturated heterocycles. The summed E-state index contributed by atoms with van der Waals surface area (Å²) in [5.74, 6) is -3.99. The summed E-state index contributed by atoms with van der Waals surface area (Å²) in [6, 6.07) is 1.04. The molecular formula is C16H13ClF3N3O. The summed E-state index contributed by atoms with van der Waals surface area (Å²) in [5.41, 5.74) is -0.671. The van der Waals surface area contributed by atoms with Crippen LogP contribution in [-0.4, -0.2) is 28.8 Å². The third-order valence-corrected chi connectivity index (χ3v) is 4.33. The highest BCUT2D eigenvalue weighted by Gasteiger charge is 2.30. The number of hydrogen-bond acceptors (Lipinski definition) is 4. The van der Waals surface area contributed by atoms with E-state index in [1.165, 1.54) is 12.5 Å². The fourth-order valence-corrected chi connectivity index (χ4v) is 3.10. The Balaban J connectivity index is 1.73. The summed E-state index contributed by atoms with van der Waals surface area (Å²) < 4.78 is 40.5. The van der Waals surface area contributed by atoms with Crippen molar-refractivity contribution in [2.45, 2.75) is 12.8 Å². The van der Waals surface area contributed by atoms with Crippen molar-refractivity contribution >= 4 is 23.2 Å². The summed E-state index contributed by atoms with van der Waals surface area (Å²) in [6.45, 7) is 0.940. The van der Waals surface area contributed by atoms with Gasteiger partial charge in [0.2, 0.25) is 0 Å². The van der Waals surface area contributed by atoms with Gasteiger partial charge in [-0.2, -0.15) is 0 Å². The molecule has 0 radical (unpaired) electrons. The Labute approximate surface area is 141 Å². The van der Waals surface area contributed by atoms with Gasteiger partial charge in [-0.15, -0.1) is 0 Å². The molecule has 126 valence electrons. The molecule has 2 aromatic rings. The van der Waals surface area contributed by atoms with Crippen LogP contribution in [0.15, 0.2) is 24.7 Å². The lowest BCUT2D eigenvalue weighted by Crippen LogP contribution is -2.37. The standard InChI is InChI=1S/C16H13ClF3N3O/c17-11-7-21-8-22-16(11)23-3-1-9(2-4-23)15(24)14-12(19)5-10(18)6-13(14)20/h5-9H,1-4H2. The lowest BCUT2D eigenvalue weighted by Gasteiger charge is -2.32. The Morgan fingerprint density at radius 3 is 2.38 bits per heavy atom. The Morgan fingerprint density at radius 1 is 1.17 bits per heavy atom. The number of halogens is 4. The van der Waals surface area contributed by atoms with Crippen molar-refractivity contribution < 1.29 is 18.0 Å². The second kappa shape index (κ2) is 6.76. The first-order valence-electron chi connectivity index (χ1n) is 7.36. The smallest absolute Gasteiger partial charge is 0.171 e. The number of hydrogen-bond donors (Lipinski definition) is 0. The molecule has 1 aliphatic rings. The van der Waals surface area contributed by atoms with E-state index in [1.54, 1.807) is 0 Å². The molecule has 8 heteroatoms. The van der Waals surface area contributed by atoms with Crippen LogP contribution >= 0.6 is 11.6 Å². The number of rotatable bonds is 3. The van der Waals surface area contributed by atoms with Gasteiger partial charge in [-0.05, 0) is 12.8 Å². The van der Waals surface area contributed by atoms with Crippen molar-refractivity contribution in [3.05, 3.63) is 52.7 Å². The Morgan fingerprint density at radius 2 is 1.79 bits per heavy atom. The molecule has 0 bridgehead atoms. The second-order valence-corrected chi connectivity index (χ2v) is 5.97. The van der Waals surface area contributed by atoms with Gasteiger partial charge in [0.15, 0.2) is 11.6 Å². The summed E-state index contributed by atoms with van der Waals surface area (Å²) in [4.78, 5) is 22.2. The van der Waals surface area contributed by atoms with Crippen molar-refractivity contribution in [1.82, 2.24) is 9.97 Å². The first-order chi connectivity index (χ1) is 11.5. The number of carbonyl (C=O) groups is 1. The maximum atomic E-state index is 13.8. The van der Waals surface area contributed by atoms with Crippen LogP contribution in [0, 0.1) is 23.4 Å². The molecule has 0 saturated carbocycles. The molecule has 0 atom stereocenters. The Kier molecular flexibility index (Phi) is 4.71. The van der Waals surface area contributed by atoms with Gasteiger partial charge in [-0.1, -0.05) is 11.6 Å². The fourth-order valence-electron chi connectivity index (χ4n) is 2.87. The normalized spacial score (nSPS) is 15.6. The molecule has 1 fully saturated rings. The number of benzene rings is 1. The molecule has 2 heterocycles. The summed E-state index contributed by atoms with van der Waals surface area (Å²) >= 11 is 6.04. The number of anilines is 1. The average molecular weight is 356 g/mol. The van der Waals surface area contributed by atoms with E-state index in [9.17, 15) is 18.0 Å². The fraction of sp³-hybridized carbons (Fsp3) is 0.312. The second-order valence-electron chi connectivity index (χ2n) is 5.56. The van der Waals surface area contributed by atoms with Crippen LogP contribution in [0.5, 0.6) is 0 Å². The van der Waals surface area contributed by atoms with E-state index in [1.807, 2.05) is 4.90 Å². The monoisotopic (exact) mass is 355 g/mol. The van der Waals surface area contributed by atoms with Crippen LogP contribution in [0.2, 0.25) is 5.02 Å². The maximum absolute atomic E-state index is 13.8. The molecule has 3 rings (SSSR count). The van der Waals surface area contributed by atoms with Crippen LogP contribution in [-0.2, 0) is 0 Å². The number of ketones is 1. The number of aromatic nitrogens is 2. The molecule has 0 spiro atoms. The van der Waals surface area contributed by atoms with E-state index < -0.39 is 34.7 Å². The predicted octanol–water partition coefficient (Wildman–Crippen LogP) is 3.65. The zero-order valence-corrected chi connectivity index (χ0v) is 13.2. The maximum Gasteiger partial charge on any atom is 0.171 e. The lowest BCUT2D eigenvalue weighted by atomic mass is 9.88. The average Bonchev–Trinajstić information content (AvgIpc) is 2.54. The van der Waals surface area contributed by atoms with E-state index in [0.717, 1.165) is 0 Å². The molecule has 24 heavy (non-hydrogen) atoms. The number of nitrogens with zero attached hydrogens (tertiary/aromatic N) is 3. The molecule has 1 aromatic carbocycles. The molecule has 1 aliphatic heterocycles. The minimum atomic E-state index is -1.17. The quantitative estimate of drug-likeness (QED) is 0.788. The van der Waals surface area contributed by atoms with Crippen molar-refractivity contribution in [1.29, 1.82) is 0 Å². The highest BCUT2D eigenvalue weighted by molar-refractivity contribution is 6.32. The van der Waals surface area contributed by atoms with Crippen molar-refractivity contribution in [3.8, 4) is 0 Å². The van der Waals surface area contributed by atoms with E-state index >= 15 is 0 Å². The molecular weight excluding hydrogens is 343 g/mol. The SMILES string of the molecule is O=C(c1c(F)cc(F)cc1F)C1CCN(c2ncncc2Cl)CC1. The van der Waals surface area contributed by atoms with Gasteiger partial charge in [-0.3, -0.25) is 4.79 Å². The molecule has 4 nitrogen and oxygen atoms in total. The minimum Gasteiger partial charge on any atom is -0.355 e. The van der Waals surface area contributed by atoms with Gasteiger partial charge in [0.05, 0.1) is 11.8 Å². The summed E-state index contributed by atoms with van der Waals surface area (Å²) in [6.07, 6.45) is 3.65. The van der Waals surface area contributed by atoms with Gasteiger partial charge in [0.1, 0.15) is 28.8 Å². The van der Waals surface area contributed by atoms with Gasteiger partial charge < -0.3 is 4.90 Å². The van der Waals surface area contributed by atoms with Crippen molar-refractivity contribution in [3.63, 3.8) is 0 Å². The van der Waals surface area contributed by atoms with Gasteiger partial charge >= 0.3 is 0 Å². The van der Waals surface area contributed by atoms with E-state index in [-0.39, 0.29) is 0 Å². The molecule has 0 aliphatic carbocycles. The molecule has 0 N–H and O–H groups in total. The Bertz CT molecular complexity index is 756. The third-order valence-electron chi connectivity index (χ3n) is 4.07. The highest BCUT2D eigenvalue weighted by Crippen LogP contribution is 2.29. The summed E-state index contributed by atoms with van der Waals surface area (Å²) in [5, 5.41) is 0.401. The summed E-state index contributed by atoms with van der Waals surface area (Å²) in [7, 11) is 0. The van der Waals surface area contributed by atoms with Gasteiger partial charge in [0, 0.05) is 31.1 Å². The largest absolute Gasteiger partial charge is 0.355 e. The first-order valence-corrected chi connectivity index (χ1v) is 7.74. The van der Waals surface area contributed by atoms with E-state index in [4.69, 9.17) is 11.6 Å². The number of Topliss-reactive ketones (excluding diaryl/α,β-unsaturated/α-hetero) is 1. The predicted molar refractivity (Wildman–Crippen MR) is 82.6 cm³/mol. The number of carbonyl (C=O) groups excluding carboxylic acids is 1. The topological polar surface area (TPSA) is 46.1 Å². The van der Waals surface area contributed by atoms with Gasteiger partial charge in [-0.25, -0.2) is 23.1 Å². The van der Waals surface area contributed by atoms with Crippen LogP contribution in [0.3, 0.4) is 0 Å². The zero-order valence-electron chi connectivity index (χ0n) is 12.5. The van der Waals surface area contributed by atoms with Gasteiger partial charge in [0.25, 0.3) is 0 Å². The van der Waals surface area contributed by atoms with Crippen LogP contribution in [0.4, 0.5) is 19.0 Å².